The molecule has 1 aliphatic heterocycles. The molecule has 1 spiro atoms. The van der Waals surface area contributed by atoms with Crippen molar-refractivity contribution in [1.29, 1.82) is 0 Å². The molecule has 1 saturated heterocycles. The number of allylic oxidation sites excluding steroid dienone is 5. The third-order valence-electron chi connectivity index (χ3n) is 7.78. The highest BCUT2D eigenvalue weighted by molar-refractivity contribution is 5.84. The van der Waals surface area contributed by atoms with Crippen LogP contribution >= 0.6 is 0 Å². The van der Waals surface area contributed by atoms with Gasteiger partial charge in [-0.25, -0.2) is 9.78 Å². The molecule has 37 heavy (non-hydrogen) atoms. The molecule has 3 aromatic rings. The number of nitrogen functional groups attached to an aromatic ring is 1. The van der Waals surface area contributed by atoms with Crippen LogP contribution in [0.5, 0.6) is 0 Å². The number of carbonyl (C=O) groups is 1. The molecule has 3 heterocycles. The van der Waals surface area contributed by atoms with Gasteiger partial charge < -0.3 is 22.1 Å². The van der Waals surface area contributed by atoms with Crippen molar-refractivity contribution in [3.63, 3.8) is 0 Å². The van der Waals surface area contributed by atoms with Gasteiger partial charge in [-0.2, -0.15) is 9.61 Å². The molecule has 2 aromatic heterocycles. The van der Waals surface area contributed by atoms with Crippen LogP contribution < -0.4 is 22.1 Å². The maximum absolute atomic E-state index is 12.2. The van der Waals surface area contributed by atoms with E-state index in [9.17, 15) is 4.79 Å². The fourth-order valence-electron chi connectivity index (χ4n) is 5.66. The molecule has 0 unspecified atom stereocenters. The highest BCUT2D eigenvalue weighted by Crippen LogP contribution is 2.46. The molecule has 0 atom stereocenters. The molecule has 2 amide bonds. The van der Waals surface area contributed by atoms with Crippen molar-refractivity contribution >= 4 is 28.8 Å². The first-order chi connectivity index (χ1) is 18.0. The normalized spacial score (nSPS) is 23.9. The number of nitrogens with two attached hydrogens (primary N) is 2. The molecule has 1 aromatic carbocycles. The van der Waals surface area contributed by atoms with E-state index in [1.807, 2.05) is 48.6 Å². The van der Waals surface area contributed by atoms with E-state index < -0.39 is 0 Å². The van der Waals surface area contributed by atoms with Gasteiger partial charge in [0.15, 0.2) is 5.65 Å². The maximum Gasteiger partial charge on any atom is 0.319 e. The smallest absolute Gasteiger partial charge is 0.319 e. The number of rotatable bonds is 5. The van der Waals surface area contributed by atoms with Crippen LogP contribution in [0.3, 0.4) is 0 Å². The van der Waals surface area contributed by atoms with E-state index in [2.05, 4.69) is 22.3 Å². The molecule has 8 heteroatoms. The Labute approximate surface area is 215 Å². The summed E-state index contributed by atoms with van der Waals surface area (Å²) in [5.41, 5.74) is 20.0. The first-order valence-electron chi connectivity index (χ1n) is 12.8. The lowest BCUT2D eigenvalue weighted by molar-refractivity contribution is 0.234. The van der Waals surface area contributed by atoms with E-state index in [0.717, 1.165) is 66.6 Å². The van der Waals surface area contributed by atoms with Crippen LogP contribution in [0, 0.1) is 0 Å². The standard InChI is InChI=1S/C29H31N7O/c1-2-18(10-11-23(30)19-6-4-3-5-7-19)22-17-32-36-25(31)16-24(33-27(22)36)20-12-14-29(15-13-20)26(21-8-9-21)34-28(37)35-29/h2-7,10-11,16-17,20H,1,8-9,12-15,30-31H2,(H2,34,35,37)/b18-10+,23-11-. The van der Waals surface area contributed by atoms with Gasteiger partial charge in [-0.15, -0.1) is 0 Å². The van der Waals surface area contributed by atoms with Crippen molar-refractivity contribution in [2.24, 2.45) is 5.73 Å². The van der Waals surface area contributed by atoms with Gasteiger partial charge in [0, 0.05) is 34.6 Å². The molecule has 8 nitrogen and oxygen atoms in total. The molecule has 2 saturated carbocycles. The number of hydrogen-bond donors (Lipinski definition) is 4. The van der Waals surface area contributed by atoms with Crippen molar-refractivity contribution in [2.75, 3.05) is 5.73 Å². The first-order valence-corrected chi connectivity index (χ1v) is 12.8. The fourth-order valence-corrected chi connectivity index (χ4v) is 5.66. The van der Waals surface area contributed by atoms with Gasteiger partial charge in [0.2, 0.25) is 0 Å². The lowest BCUT2D eigenvalue weighted by atomic mass is 9.74. The van der Waals surface area contributed by atoms with E-state index in [1.54, 1.807) is 16.8 Å². The predicted molar refractivity (Wildman–Crippen MR) is 146 cm³/mol. The summed E-state index contributed by atoms with van der Waals surface area (Å²) in [4.78, 5) is 17.2. The summed E-state index contributed by atoms with van der Waals surface area (Å²) in [6.45, 7) is 4.00. The quantitative estimate of drug-likeness (QED) is 0.386. The maximum atomic E-state index is 12.2. The minimum atomic E-state index is -0.249. The van der Waals surface area contributed by atoms with Crippen molar-refractivity contribution in [3.8, 4) is 0 Å². The highest BCUT2D eigenvalue weighted by Gasteiger charge is 2.47. The third kappa shape index (κ3) is 4.18. The molecule has 3 aliphatic rings. The largest absolute Gasteiger partial charge is 0.398 e. The topological polar surface area (TPSA) is 123 Å². The van der Waals surface area contributed by atoms with Crippen LogP contribution in [-0.2, 0) is 0 Å². The summed E-state index contributed by atoms with van der Waals surface area (Å²) in [5, 5.41) is 10.8. The molecule has 2 aliphatic carbocycles. The fraction of sp³-hybridized carbons (Fsp3) is 0.276. The van der Waals surface area contributed by atoms with Gasteiger partial charge in [-0.1, -0.05) is 49.1 Å². The van der Waals surface area contributed by atoms with Gasteiger partial charge in [0.25, 0.3) is 0 Å². The minimum Gasteiger partial charge on any atom is -0.398 e. The zero-order valence-corrected chi connectivity index (χ0v) is 20.7. The second-order valence-electron chi connectivity index (χ2n) is 10.1. The summed E-state index contributed by atoms with van der Waals surface area (Å²) in [7, 11) is 0. The Bertz CT molecular complexity index is 1480. The number of carbonyl (C=O) groups excluding carboxylic acids is 1. The van der Waals surface area contributed by atoms with E-state index >= 15 is 0 Å². The van der Waals surface area contributed by atoms with Crippen LogP contribution in [0.4, 0.5) is 10.6 Å². The van der Waals surface area contributed by atoms with Crippen molar-refractivity contribution < 1.29 is 4.79 Å². The molecular weight excluding hydrogens is 462 g/mol. The molecular formula is C29H31N7O. The lowest BCUT2D eigenvalue weighted by Gasteiger charge is -2.37. The number of nitrogens with one attached hydrogen (secondary N) is 2. The Morgan fingerprint density at radius 3 is 2.62 bits per heavy atom. The number of benzene rings is 1. The number of hydrogen-bond acceptors (Lipinski definition) is 5. The highest BCUT2D eigenvalue weighted by atomic mass is 16.2. The minimum absolute atomic E-state index is 0.0776. The Kier molecular flexibility index (Phi) is 5.59. The number of nitrogens with zero attached hydrogens (tertiary/aromatic N) is 3. The van der Waals surface area contributed by atoms with E-state index in [0.29, 0.717) is 17.2 Å². The SMILES string of the molecule is C=C/C(=C\C=C(/N)c1ccccc1)c1cnn2c(N)cc(C3CCC4(CC3)NC(=O)NC4=C3CC3)nc12. The first kappa shape index (κ1) is 23.1. The van der Waals surface area contributed by atoms with Crippen LogP contribution in [0.1, 0.15) is 61.3 Å². The van der Waals surface area contributed by atoms with Gasteiger partial charge in [-0.3, -0.25) is 0 Å². The summed E-state index contributed by atoms with van der Waals surface area (Å²) in [6.07, 6.45) is 13.2. The average molecular weight is 494 g/mol. The van der Waals surface area contributed by atoms with E-state index in [1.165, 1.54) is 5.57 Å². The molecule has 0 radical (unpaired) electrons. The zero-order valence-electron chi connectivity index (χ0n) is 20.7. The number of aromatic nitrogens is 3. The van der Waals surface area contributed by atoms with Gasteiger partial charge in [-0.05, 0) is 61.3 Å². The molecule has 3 fully saturated rings. The summed E-state index contributed by atoms with van der Waals surface area (Å²) >= 11 is 0. The summed E-state index contributed by atoms with van der Waals surface area (Å²) in [6, 6.07) is 11.7. The second kappa shape index (κ2) is 8.96. The Morgan fingerprint density at radius 2 is 1.92 bits per heavy atom. The third-order valence-corrected chi connectivity index (χ3v) is 7.78. The van der Waals surface area contributed by atoms with Gasteiger partial charge >= 0.3 is 6.03 Å². The molecule has 6 rings (SSSR count). The molecule has 188 valence electrons. The summed E-state index contributed by atoms with van der Waals surface area (Å²) < 4.78 is 1.67. The van der Waals surface area contributed by atoms with Crippen LogP contribution in [0.2, 0.25) is 0 Å². The molecule has 6 N–H and O–H groups in total. The monoisotopic (exact) mass is 493 g/mol. The Balaban J connectivity index is 1.29. The van der Waals surface area contributed by atoms with E-state index in [-0.39, 0.29) is 17.5 Å². The summed E-state index contributed by atoms with van der Waals surface area (Å²) in [5.74, 6) is 0.805. The van der Waals surface area contributed by atoms with Crippen LogP contribution in [0.15, 0.2) is 78.7 Å². The van der Waals surface area contributed by atoms with Crippen molar-refractivity contribution in [2.45, 2.75) is 50.0 Å². The van der Waals surface area contributed by atoms with E-state index in [4.69, 9.17) is 16.5 Å². The number of urea groups is 1. The number of fused-ring (bicyclic) bond motifs is 1. The Morgan fingerprint density at radius 1 is 1.16 bits per heavy atom. The number of anilines is 1. The van der Waals surface area contributed by atoms with Gasteiger partial charge in [0.1, 0.15) is 5.82 Å². The molecule has 0 bridgehead atoms. The zero-order chi connectivity index (χ0) is 25.6. The second-order valence-corrected chi connectivity index (χ2v) is 10.1. The Hall–Kier alpha value is -4.33. The van der Waals surface area contributed by atoms with Crippen LogP contribution in [-0.4, -0.2) is 26.2 Å². The van der Waals surface area contributed by atoms with Crippen molar-refractivity contribution in [3.05, 3.63) is 95.5 Å². The average Bonchev–Trinajstić information content (AvgIpc) is 3.59. The van der Waals surface area contributed by atoms with Crippen LogP contribution in [0.25, 0.3) is 16.9 Å². The number of amides is 2. The lowest BCUT2D eigenvalue weighted by Crippen LogP contribution is -2.45. The predicted octanol–water partition coefficient (Wildman–Crippen LogP) is 4.64. The van der Waals surface area contributed by atoms with Crippen molar-refractivity contribution in [1.82, 2.24) is 25.2 Å². The van der Waals surface area contributed by atoms with Gasteiger partial charge in [0.05, 0.1) is 11.7 Å².